The largest absolute Gasteiger partial charge is 0.392 e. The van der Waals surface area contributed by atoms with Gasteiger partial charge in [-0.1, -0.05) is 24.3 Å². The number of benzene rings is 1. The van der Waals surface area contributed by atoms with Gasteiger partial charge >= 0.3 is 0 Å². The smallest absolute Gasteiger partial charge is 0.135 e. The van der Waals surface area contributed by atoms with Gasteiger partial charge in [-0.05, 0) is 25.0 Å². The predicted octanol–water partition coefficient (Wildman–Crippen LogP) is 2.88. The van der Waals surface area contributed by atoms with Gasteiger partial charge < -0.3 is 10.0 Å². The maximum absolute atomic E-state index is 9.60. The molecule has 0 saturated heterocycles. The summed E-state index contributed by atoms with van der Waals surface area (Å²) in [4.78, 5) is 7.00. The fraction of sp³-hybridized carbons (Fsp3) is 0.312. The fourth-order valence-electron chi connectivity index (χ4n) is 2.45. The number of fused-ring (bicyclic) bond motifs is 1. The van der Waals surface area contributed by atoms with Crippen LogP contribution in [0.4, 0.5) is 5.82 Å². The van der Waals surface area contributed by atoms with Crippen molar-refractivity contribution in [3.63, 3.8) is 0 Å². The minimum Gasteiger partial charge on any atom is -0.392 e. The molecule has 19 heavy (non-hydrogen) atoms. The molecule has 1 saturated carbocycles. The van der Waals surface area contributed by atoms with E-state index >= 15 is 0 Å². The fourth-order valence-corrected chi connectivity index (χ4v) is 2.45. The van der Waals surface area contributed by atoms with E-state index in [-0.39, 0.29) is 6.61 Å². The monoisotopic (exact) mass is 254 g/mol. The van der Waals surface area contributed by atoms with Gasteiger partial charge in [0, 0.05) is 23.5 Å². The lowest BCUT2D eigenvalue weighted by Crippen LogP contribution is -2.27. The number of hydrogen-bond acceptors (Lipinski definition) is 3. The van der Waals surface area contributed by atoms with Crippen LogP contribution in [0.25, 0.3) is 10.9 Å². The van der Waals surface area contributed by atoms with Crippen molar-refractivity contribution in [3.8, 4) is 0 Å². The molecule has 3 heteroatoms. The molecular weight excluding hydrogens is 236 g/mol. The molecule has 0 atom stereocenters. The minimum atomic E-state index is 0.0214. The van der Waals surface area contributed by atoms with Crippen LogP contribution in [0.3, 0.4) is 0 Å². The van der Waals surface area contributed by atoms with Crippen molar-refractivity contribution in [1.29, 1.82) is 0 Å². The molecule has 1 aliphatic carbocycles. The van der Waals surface area contributed by atoms with Gasteiger partial charge in [0.2, 0.25) is 0 Å². The summed E-state index contributed by atoms with van der Waals surface area (Å²) in [7, 11) is 0. The average molecular weight is 254 g/mol. The molecule has 1 aromatic heterocycles. The molecule has 0 radical (unpaired) electrons. The lowest BCUT2D eigenvalue weighted by atomic mass is 10.1. The molecule has 0 aliphatic heterocycles. The second-order valence-corrected chi connectivity index (χ2v) is 4.99. The Morgan fingerprint density at radius 2 is 2.16 bits per heavy atom. The zero-order chi connectivity index (χ0) is 13.2. The molecule has 1 fully saturated rings. The maximum atomic E-state index is 9.60. The highest BCUT2D eigenvalue weighted by Crippen LogP contribution is 2.33. The summed E-state index contributed by atoms with van der Waals surface area (Å²) >= 11 is 0. The van der Waals surface area contributed by atoms with Gasteiger partial charge in [0.25, 0.3) is 0 Å². The lowest BCUT2D eigenvalue weighted by molar-refractivity contribution is 0.282. The molecule has 0 amide bonds. The van der Waals surface area contributed by atoms with Crippen LogP contribution in [-0.4, -0.2) is 22.7 Å². The normalized spacial score (nSPS) is 14.6. The third-order valence-electron chi connectivity index (χ3n) is 3.54. The Morgan fingerprint density at radius 3 is 2.84 bits per heavy atom. The quantitative estimate of drug-likeness (QED) is 0.833. The van der Waals surface area contributed by atoms with Gasteiger partial charge in [-0.3, -0.25) is 0 Å². The van der Waals surface area contributed by atoms with Crippen molar-refractivity contribution in [2.45, 2.75) is 25.5 Å². The minimum absolute atomic E-state index is 0.0214. The summed E-state index contributed by atoms with van der Waals surface area (Å²) in [6, 6.07) is 10.6. The Bertz CT molecular complexity index is 605. The van der Waals surface area contributed by atoms with Crippen molar-refractivity contribution in [2.24, 2.45) is 0 Å². The Labute approximate surface area is 113 Å². The topological polar surface area (TPSA) is 36.4 Å². The van der Waals surface area contributed by atoms with Gasteiger partial charge in [-0.25, -0.2) is 4.98 Å². The van der Waals surface area contributed by atoms with Crippen LogP contribution in [0, 0.1) is 0 Å². The summed E-state index contributed by atoms with van der Waals surface area (Å²) in [5.41, 5.74) is 1.87. The van der Waals surface area contributed by atoms with Crippen molar-refractivity contribution in [2.75, 3.05) is 11.4 Å². The van der Waals surface area contributed by atoms with E-state index in [1.165, 1.54) is 12.8 Å². The number of nitrogens with zero attached hydrogens (tertiary/aromatic N) is 2. The molecule has 1 N–H and O–H groups in total. The summed E-state index contributed by atoms with van der Waals surface area (Å²) < 4.78 is 0. The lowest BCUT2D eigenvalue weighted by Gasteiger charge is -2.24. The van der Waals surface area contributed by atoms with Crippen molar-refractivity contribution < 1.29 is 5.11 Å². The molecule has 0 bridgehead atoms. The van der Waals surface area contributed by atoms with Gasteiger partial charge in [0.15, 0.2) is 0 Å². The Balaban J connectivity index is 2.11. The molecule has 1 aliphatic rings. The molecule has 0 unspecified atom stereocenters. The number of aromatic nitrogens is 1. The van der Waals surface area contributed by atoms with Crippen molar-refractivity contribution >= 4 is 16.7 Å². The van der Waals surface area contributed by atoms with Gasteiger partial charge in [-0.15, -0.1) is 6.58 Å². The predicted molar refractivity (Wildman–Crippen MR) is 78.2 cm³/mol. The van der Waals surface area contributed by atoms with Crippen molar-refractivity contribution in [1.82, 2.24) is 4.98 Å². The van der Waals surface area contributed by atoms with Crippen LogP contribution >= 0.6 is 0 Å². The van der Waals surface area contributed by atoms with Crippen LogP contribution in [0.2, 0.25) is 0 Å². The summed E-state index contributed by atoms with van der Waals surface area (Å²) in [5, 5.41) is 10.7. The van der Waals surface area contributed by atoms with E-state index in [0.717, 1.165) is 28.8 Å². The van der Waals surface area contributed by atoms with Crippen LogP contribution in [0.15, 0.2) is 43.0 Å². The van der Waals surface area contributed by atoms with E-state index in [2.05, 4.69) is 11.5 Å². The van der Waals surface area contributed by atoms with Crippen LogP contribution in [-0.2, 0) is 6.61 Å². The first kappa shape index (κ1) is 12.2. The number of hydrogen-bond donors (Lipinski definition) is 1. The van der Waals surface area contributed by atoms with E-state index in [4.69, 9.17) is 4.98 Å². The third-order valence-corrected chi connectivity index (χ3v) is 3.54. The number of aliphatic hydroxyl groups is 1. The van der Waals surface area contributed by atoms with Crippen LogP contribution in [0.1, 0.15) is 18.4 Å². The second kappa shape index (κ2) is 5.02. The van der Waals surface area contributed by atoms with Gasteiger partial charge in [-0.2, -0.15) is 0 Å². The highest BCUT2D eigenvalue weighted by atomic mass is 16.3. The Morgan fingerprint density at radius 1 is 1.37 bits per heavy atom. The SMILES string of the molecule is C=CCN(c1nc2ccccc2cc1CO)C1CC1. The molecule has 2 aromatic rings. The number of pyridine rings is 1. The second-order valence-electron chi connectivity index (χ2n) is 4.99. The number of aliphatic hydroxyl groups excluding tert-OH is 1. The molecular formula is C16H18N2O. The molecule has 1 heterocycles. The number of rotatable bonds is 5. The molecule has 98 valence electrons. The highest BCUT2D eigenvalue weighted by Gasteiger charge is 2.30. The Kier molecular flexibility index (Phi) is 3.22. The molecule has 0 spiro atoms. The van der Waals surface area contributed by atoms with Gasteiger partial charge in [0.1, 0.15) is 5.82 Å². The Hall–Kier alpha value is -1.87. The van der Waals surface area contributed by atoms with Crippen LogP contribution in [0.5, 0.6) is 0 Å². The first-order valence-corrected chi connectivity index (χ1v) is 6.70. The van der Waals surface area contributed by atoms with E-state index in [9.17, 15) is 5.11 Å². The standard InChI is InChI=1S/C16H18N2O/c1-2-9-18(14-7-8-14)16-13(11-19)10-12-5-3-4-6-15(12)17-16/h2-6,10,14,19H,1,7-9,11H2. The first-order valence-electron chi connectivity index (χ1n) is 6.70. The molecule has 1 aromatic carbocycles. The van der Waals surface area contributed by atoms with E-state index in [0.29, 0.717) is 6.04 Å². The van der Waals surface area contributed by atoms with Crippen molar-refractivity contribution in [3.05, 3.63) is 48.6 Å². The molecule has 3 nitrogen and oxygen atoms in total. The molecule has 3 rings (SSSR count). The highest BCUT2D eigenvalue weighted by molar-refractivity contribution is 5.82. The first-order chi connectivity index (χ1) is 9.33. The third kappa shape index (κ3) is 2.34. The zero-order valence-corrected chi connectivity index (χ0v) is 10.9. The average Bonchev–Trinajstić information content (AvgIpc) is 3.28. The van der Waals surface area contributed by atoms with Gasteiger partial charge in [0.05, 0.1) is 12.1 Å². The maximum Gasteiger partial charge on any atom is 0.135 e. The zero-order valence-electron chi connectivity index (χ0n) is 10.9. The summed E-state index contributed by atoms with van der Waals surface area (Å²) in [5.74, 6) is 0.906. The summed E-state index contributed by atoms with van der Waals surface area (Å²) in [6.07, 6.45) is 4.30. The number of para-hydroxylation sites is 1. The van der Waals surface area contributed by atoms with Crippen LogP contribution < -0.4 is 4.90 Å². The van der Waals surface area contributed by atoms with E-state index in [1.54, 1.807) is 0 Å². The summed E-state index contributed by atoms with van der Waals surface area (Å²) in [6.45, 7) is 4.62. The van der Waals surface area contributed by atoms with E-state index in [1.807, 2.05) is 36.4 Å². The van der Waals surface area contributed by atoms with E-state index < -0.39 is 0 Å². The number of anilines is 1.